The van der Waals surface area contributed by atoms with Crippen LogP contribution in [0.2, 0.25) is 0 Å². The van der Waals surface area contributed by atoms with Gasteiger partial charge in [0.25, 0.3) is 0 Å². The van der Waals surface area contributed by atoms with E-state index in [0.717, 1.165) is 5.56 Å². The van der Waals surface area contributed by atoms with Gasteiger partial charge < -0.3 is 10.1 Å². The largest absolute Gasteiger partial charge is 0.496 e. The van der Waals surface area contributed by atoms with Gasteiger partial charge in [-0.15, -0.1) is 0 Å². The summed E-state index contributed by atoms with van der Waals surface area (Å²) in [6, 6.07) is 6.72. The summed E-state index contributed by atoms with van der Waals surface area (Å²) in [5.74, 6) is 0.277. The first-order valence-corrected chi connectivity index (χ1v) is 5.37. The summed E-state index contributed by atoms with van der Waals surface area (Å²) in [6.07, 6.45) is 0.112. The summed E-state index contributed by atoms with van der Waals surface area (Å²) in [5, 5.41) is 4.72. The van der Waals surface area contributed by atoms with Crippen LogP contribution in [0.1, 0.15) is 12.5 Å². The summed E-state index contributed by atoms with van der Waals surface area (Å²) in [6.45, 7) is 2.26. The maximum Gasteiger partial charge on any atom is 0.321 e. The predicted molar refractivity (Wildman–Crippen MR) is 63.9 cm³/mol. The van der Waals surface area contributed by atoms with Gasteiger partial charge in [0.2, 0.25) is 5.91 Å². The average Bonchev–Trinajstić information content (AvgIpc) is 2.29. The van der Waals surface area contributed by atoms with Crippen molar-refractivity contribution in [1.29, 1.82) is 0 Å². The van der Waals surface area contributed by atoms with Gasteiger partial charge in [0.15, 0.2) is 0 Å². The molecule has 5 nitrogen and oxygen atoms in total. The fourth-order valence-corrected chi connectivity index (χ4v) is 1.40. The zero-order valence-electron chi connectivity index (χ0n) is 9.95. The maximum atomic E-state index is 11.5. The molecule has 0 saturated heterocycles. The minimum atomic E-state index is -0.479. The van der Waals surface area contributed by atoms with Crippen molar-refractivity contribution >= 4 is 11.9 Å². The van der Waals surface area contributed by atoms with E-state index in [2.05, 4.69) is 10.6 Å². The number of ether oxygens (including phenoxy) is 1. The van der Waals surface area contributed by atoms with Crippen molar-refractivity contribution < 1.29 is 14.3 Å². The van der Waals surface area contributed by atoms with E-state index in [1.807, 2.05) is 12.1 Å². The molecule has 0 heterocycles. The second-order valence-corrected chi connectivity index (χ2v) is 3.40. The van der Waals surface area contributed by atoms with Crippen molar-refractivity contribution in [2.75, 3.05) is 13.7 Å². The third kappa shape index (κ3) is 4.14. The number of imide groups is 1. The number of rotatable bonds is 4. The molecule has 1 aromatic carbocycles. The summed E-state index contributed by atoms with van der Waals surface area (Å²) in [4.78, 5) is 22.7. The van der Waals surface area contributed by atoms with E-state index in [0.29, 0.717) is 12.3 Å². The van der Waals surface area contributed by atoms with Crippen LogP contribution in [0.5, 0.6) is 5.75 Å². The normalized spacial score (nSPS) is 9.53. The molecule has 1 rings (SSSR count). The second kappa shape index (κ2) is 6.52. The highest BCUT2D eigenvalue weighted by Crippen LogP contribution is 2.17. The lowest BCUT2D eigenvalue weighted by molar-refractivity contribution is -0.119. The number of carbonyl (C=O) groups is 2. The van der Waals surface area contributed by atoms with E-state index in [1.165, 1.54) is 0 Å². The molecule has 0 aromatic heterocycles. The Labute approximate surface area is 100 Å². The van der Waals surface area contributed by atoms with Crippen LogP contribution in [0.25, 0.3) is 0 Å². The van der Waals surface area contributed by atoms with Crippen molar-refractivity contribution in [2.45, 2.75) is 13.3 Å². The van der Waals surface area contributed by atoms with E-state index in [9.17, 15) is 9.59 Å². The van der Waals surface area contributed by atoms with Gasteiger partial charge in [0, 0.05) is 12.1 Å². The van der Waals surface area contributed by atoms with Crippen LogP contribution < -0.4 is 15.4 Å². The van der Waals surface area contributed by atoms with Crippen LogP contribution >= 0.6 is 0 Å². The number of nitrogens with one attached hydrogen (secondary N) is 2. The molecule has 0 radical (unpaired) electrons. The summed E-state index contributed by atoms with van der Waals surface area (Å²) in [7, 11) is 1.54. The lowest BCUT2D eigenvalue weighted by atomic mass is 10.1. The van der Waals surface area contributed by atoms with Crippen molar-refractivity contribution in [2.24, 2.45) is 0 Å². The summed E-state index contributed by atoms with van der Waals surface area (Å²) < 4.78 is 5.12. The first-order valence-electron chi connectivity index (χ1n) is 5.37. The van der Waals surface area contributed by atoms with Crippen molar-refractivity contribution in [3.63, 3.8) is 0 Å². The van der Waals surface area contributed by atoms with Crippen LogP contribution in [0, 0.1) is 0 Å². The zero-order chi connectivity index (χ0) is 12.7. The molecular formula is C12H16N2O3. The molecule has 0 aliphatic heterocycles. The van der Waals surface area contributed by atoms with E-state index in [4.69, 9.17) is 4.74 Å². The van der Waals surface area contributed by atoms with Gasteiger partial charge >= 0.3 is 6.03 Å². The van der Waals surface area contributed by atoms with Crippen LogP contribution in [-0.2, 0) is 11.2 Å². The minimum Gasteiger partial charge on any atom is -0.496 e. The van der Waals surface area contributed by atoms with Crippen molar-refractivity contribution in [3.8, 4) is 5.75 Å². The highest BCUT2D eigenvalue weighted by Gasteiger charge is 2.10. The molecule has 0 unspecified atom stereocenters. The molecule has 0 spiro atoms. The minimum absolute atomic E-state index is 0.112. The van der Waals surface area contributed by atoms with Crippen LogP contribution in [0.3, 0.4) is 0 Å². The molecule has 0 saturated carbocycles. The Hall–Kier alpha value is -2.04. The number of hydrogen-bond acceptors (Lipinski definition) is 3. The molecule has 3 amide bonds. The molecule has 17 heavy (non-hydrogen) atoms. The van der Waals surface area contributed by atoms with Crippen molar-refractivity contribution in [1.82, 2.24) is 10.6 Å². The quantitative estimate of drug-likeness (QED) is 0.822. The number of methoxy groups -OCH3 is 1. The number of amides is 3. The van der Waals surface area contributed by atoms with E-state index in [-0.39, 0.29) is 12.3 Å². The van der Waals surface area contributed by atoms with Crippen LogP contribution in [0.4, 0.5) is 4.79 Å². The highest BCUT2D eigenvalue weighted by molar-refractivity contribution is 5.95. The Morgan fingerprint density at radius 2 is 2.00 bits per heavy atom. The Bertz CT molecular complexity index is 404. The zero-order valence-corrected chi connectivity index (χ0v) is 9.95. The predicted octanol–water partition coefficient (Wildman–Crippen LogP) is 1.08. The molecular weight excluding hydrogens is 220 g/mol. The first-order chi connectivity index (χ1) is 8.17. The Morgan fingerprint density at radius 3 is 2.65 bits per heavy atom. The van der Waals surface area contributed by atoms with Gasteiger partial charge in [-0.05, 0) is 13.0 Å². The highest BCUT2D eigenvalue weighted by atomic mass is 16.5. The molecule has 0 bridgehead atoms. The number of carbonyl (C=O) groups excluding carboxylic acids is 2. The second-order valence-electron chi connectivity index (χ2n) is 3.40. The molecule has 0 aliphatic rings. The van der Waals surface area contributed by atoms with E-state index < -0.39 is 6.03 Å². The Morgan fingerprint density at radius 1 is 1.29 bits per heavy atom. The molecule has 0 atom stereocenters. The number of urea groups is 1. The third-order valence-corrected chi connectivity index (χ3v) is 2.13. The van der Waals surface area contributed by atoms with E-state index in [1.54, 1.807) is 26.2 Å². The van der Waals surface area contributed by atoms with Gasteiger partial charge in [0.05, 0.1) is 13.5 Å². The van der Waals surface area contributed by atoms with Crippen LogP contribution in [0.15, 0.2) is 24.3 Å². The average molecular weight is 236 g/mol. The molecule has 92 valence electrons. The van der Waals surface area contributed by atoms with Crippen molar-refractivity contribution in [3.05, 3.63) is 29.8 Å². The number of hydrogen-bond donors (Lipinski definition) is 2. The lowest BCUT2D eigenvalue weighted by Crippen LogP contribution is -2.40. The molecule has 0 aliphatic carbocycles. The maximum absolute atomic E-state index is 11.5. The monoisotopic (exact) mass is 236 g/mol. The number of para-hydroxylation sites is 1. The molecule has 5 heteroatoms. The van der Waals surface area contributed by atoms with E-state index >= 15 is 0 Å². The van der Waals surface area contributed by atoms with Gasteiger partial charge in [-0.25, -0.2) is 4.79 Å². The smallest absolute Gasteiger partial charge is 0.321 e. The lowest BCUT2D eigenvalue weighted by Gasteiger charge is -2.08. The van der Waals surface area contributed by atoms with Gasteiger partial charge in [0.1, 0.15) is 5.75 Å². The summed E-state index contributed by atoms with van der Waals surface area (Å²) in [5.41, 5.74) is 0.747. The summed E-state index contributed by atoms with van der Waals surface area (Å²) >= 11 is 0. The fraction of sp³-hybridized carbons (Fsp3) is 0.333. The topological polar surface area (TPSA) is 67.4 Å². The van der Waals surface area contributed by atoms with Gasteiger partial charge in [-0.3, -0.25) is 10.1 Å². The Kier molecular flexibility index (Phi) is 5.00. The molecule has 2 N–H and O–H groups in total. The fourth-order valence-electron chi connectivity index (χ4n) is 1.40. The first kappa shape index (κ1) is 13.0. The van der Waals surface area contributed by atoms with Gasteiger partial charge in [-0.1, -0.05) is 18.2 Å². The van der Waals surface area contributed by atoms with Crippen LogP contribution in [-0.4, -0.2) is 25.6 Å². The SMILES string of the molecule is CCNC(=O)NC(=O)Cc1ccccc1OC. The standard InChI is InChI=1S/C12H16N2O3/c1-3-13-12(16)14-11(15)8-9-6-4-5-7-10(9)17-2/h4-7H,3,8H2,1-2H3,(H2,13,14,15,16). The Balaban J connectivity index is 2.59. The number of benzene rings is 1. The molecule has 0 fully saturated rings. The molecule has 1 aromatic rings. The van der Waals surface area contributed by atoms with Gasteiger partial charge in [-0.2, -0.15) is 0 Å². The third-order valence-electron chi connectivity index (χ3n) is 2.13.